The molecule has 5 aliphatic carbocycles. The Hall–Kier alpha value is -1.72. The van der Waals surface area contributed by atoms with Gasteiger partial charge in [0.05, 0.1) is 37.4 Å². The summed E-state index contributed by atoms with van der Waals surface area (Å²) in [7, 11) is 0. The standard InChI is InChI=1S/C50H80O18/c1-44(2,3)68-43(61)50-17-16-45(4,5)18-25(50)24-10-11-30-46(6)14-13-32(47(7,23-52)29(46)12-15-48(30,8)49(24,9)19-31(50)55)65-42-39(67-41-37(60)35(58)34(57)28(20-51)64-41)38(27(54)22-63-42)66-40-36(59)33(56)26(53)21-62-40/h10,23,25-42,51,53-60H,11-22H2,1-9H3/t25?,26-,27-,28?,29-,30?,31?,32+,33+,34+,35+,36?,37?,38+,39?,40+,41+,42+,46?,47-,48+,49-,50-/m1/s1. The predicted octanol–water partition coefficient (Wildman–Crippen LogP) is 1.39. The highest BCUT2D eigenvalue weighted by Gasteiger charge is 2.72. The van der Waals surface area contributed by atoms with E-state index in [9.17, 15) is 55.5 Å². The number of rotatable bonds is 9. The average Bonchev–Trinajstić information content (AvgIpc) is 3.26. The zero-order valence-electron chi connectivity index (χ0n) is 41.2. The van der Waals surface area contributed by atoms with E-state index in [2.05, 4.69) is 40.7 Å². The lowest BCUT2D eigenvalue weighted by Gasteiger charge is -2.71. The third-order valence-corrected chi connectivity index (χ3v) is 19.0. The van der Waals surface area contributed by atoms with E-state index in [1.54, 1.807) is 0 Å². The molecule has 23 atom stereocenters. The lowest BCUT2D eigenvalue weighted by Crippen LogP contribution is -2.68. The highest BCUT2D eigenvalue weighted by atomic mass is 16.8. The van der Waals surface area contributed by atoms with Crippen LogP contribution in [0.3, 0.4) is 0 Å². The maximum absolute atomic E-state index is 14.4. The molecule has 18 nitrogen and oxygen atoms in total. The summed E-state index contributed by atoms with van der Waals surface area (Å²) in [4.78, 5) is 28.3. The Morgan fingerprint density at radius 3 is 2.04 bits per heavy atom. The fourth-order valence-electron chi connectivity index (χ4n) is 14.9. The van der Waals surface area contributed by atoms with Crippen molar-refractivity contribution in [1.82, 2.24) is 0 Å². The molecule has 3 aliphatic heterocycles. The number of fused-ring (bicyclic) bond motifs is 7. The van der Waals surface area contributed by atoms with Gasteiger partial charge in [-0.3, -0.25) is 4.79 Å². The fraction of sp³-hybridized carbons (Fsp3) is 0.920. The van der Waals surface area contributed by atoms with Gasteiger partial charge in [-0.25, -0.2) is 0 Å². The molecule has 4 saturated carbocycles. The highest BCUT2D eigenvalue weighted by Crippen LogP contribution is 2.76. The van der Waals surface area contributed by atoms with Crippen molar-refractivity contribution < 1.29 is 88.7 Å². The van der Waals surface area contributed by atoms with Gasteiger partial charge in [0.15, 0.2) is 18.9 Å². The number of ether oxygens (including phenoxy) is 7. The first-order valence-electron chi connectivity index (χ1n) is 24.9. The molecular weight excluding hydrogens is 889 g/mol. The molecule has 9 N–H and O–H groups in total. The van der Waals surface area contributed by atoms with Crippen LogP contribution < -0.4 is 0 Å². The van der Waals surface area contributed by atoms with Crippen molar-refractivity contribution in [2.75, 3.05) is 19.8 Å². The van der Waals surface area contributed by atoms with Crippen molar-refractivity contribution in [2.45, 2.75) is 218 Å². The molecular formula is C50H80O18. The van der Waals surface area contributed by atoms with Crippen molar-refractivity contribution in [3.63, 3.8) is 0 Å². The summed E-state index contributed by atoms with van der Waals surface area (Å²) < 4.78 is 42.6. The molecule has 0 aromatic rings. The first kappa shape index (κ1) is 52.6. The van der Waals surface area contributed by atoms with Crippen LogP contribution in [0.1, 0.15) is 120 Å². The summed E-state index contributed by atoms with van der Waals surface area (Å²) in [5, 5.41) is 97.5. The van der Waals surface area contributed by atoms with Gasteiger partial charge >= 0.3 is 5.97 Å². The molecule has 8 unspecified atom stereocenters. The third-order valence-electron chi connectivity index (χ3n) is 19.0. The Morgan fingerprint density at radius 2 is 1.38 bits per heavy atom. The van der Waals surface area contributed by atoms with Crippen LogP contribution in [0.4, 0.5) is 0 Å². The monoisotopic (exact) mass is 969 g/mol. The SMILES string of the molecule is CC1(C)CC[C@]2(C(=O)OC(C)(C)C)C(O)C[C@]3(C)C(=CCC4C5(C)CC[C@H](O[C@@H]6OC[C@@H](O)[C@H](O[C@@H]7OC[C@@H](O)[C@H](O)C7O)C6O[C@@H]6OC(CO)[C@H](O)[C@H](O)C6O)[C@](C)(C=O)[C@@H]5CC[C@@]43C)C2C1. The second kappa shape index (κ2) is 18.3. The minimum absolute atomic E-state index is 0.0529. The minimum Gasteiger partial charge on any atom is -0.459 e. The molecule has 68 heavy (non-hydrogen) atoms. The van der Waals surface area contributed by atoms with Crippen LogP contribution in [0, 0.1) is 50.2 Å². The molecule has 8 aliphatic rings. The molecule has 3 heterocycles. The molecule has 0 bridgehead atoms. The largest absolute Gasteiger partial charge is 0.459 e. The first-order chi connectivity index (χ1) is 31.6. The smallest absolute Gasteiger partial charge is 0.315 e. The second-order valence-electron chi connectivity index (χ2n) is 24.5. The third kappa shape index (κ3) is 8.38. The number of esters is 1. The number of carbonyl (C=O) groups is 2. The number of hydrogen-bond donors (Lipinski definition) is 9. The molecule has 0 radical (unpaired) electrons. The van der Waals surface area contributed by atoms with E-state index < -0.39 is 139 Å². The zero-order valence-corrected chi connectivity index (χ0v) is 41.2. The second-order valence-corrected chi connectivity index (χ2v) is 24.5. The van der Waals surface area contributed by atoms with Gasteiger partial charge in [-0.15, -0.1) is 0 Å². The van der Waals surface area contributed by atoms with E-state index >= 15 is 0 Å². The Balaban J connectivity index is 1.09. The quantitative estimate of drug-likeness (QED) is 0.0683. The molecule has 18 heteroatoms. The molecule has 0 spiro atoms. The van der Waals surface area contributed by atoms with Crippen molar-refractivity contribution >= 4 is 12.3 Å². The zero-order chi connectivity index (χ0) is 49.9. The molecule has 8 rings (SSSR count). The van der Waals surface area contributed by atoms with E-state index in [0.717, 1.165) is 32.0 Å². The van der Waals surface area contributed by atoms with Gasteiger partial charge in [0.1, 0.15) is 78.3 Å². The topological polar surface area (TPSA) is 281 Å². The molecule has 7 fully saturated rings. The Labute approximate surface area is 399 Å². The van der Waals surface area contributed by atoms with Gasteiger partial charge in [-0.2, -0.15) is 0 Å². The van der Waals surface area contributed by atoms with E-state index in [-0.39, 0.29) is 34.6 Å². The number of aliphatic hydroxyl groups is 9. The molecule has 0 amide bonds. The maximum atomic E-state index is 14.4. The van der Waals surface area contributed by atoms with Crippen LogP contribution in [-0.4, -0.2) is 176 Å². The molecule has 0 aromatic heterocycles. The van der Waals surface area contributed by atoms with Crippen molar-refractivity contribution in [3.05, 3.63) is 11.6 Å². The van der Waals surface area contributed by atoms with Crippen LogP contribution >= 0.6 is 0 Å². The summed E-state index contributed by atoms with van der Waals surface area (Å²) in [6.45, 7) is 17.3. The summed E-state index contributed by atoms with van der Waals surface area (Å²) in [6.07, 6.45) is -13.7. The van der Waals surface area contributed by atoms with E-state index in [1.165, 1.54) is 5.57 Å². The van der Waals surface area contributed by atoms with Crippen LogP contribution in [0.2, 0.25) is 0 Å². The Morgan fingerprint density at radius 1 is 0.735 bits per heavy atom. The number of allylic oxidation sites excluding steroid dienone is 2. The van der Waals surface area contributed by atoms with E-state index in [0.29, 0.717) is 32.1 Å². The number of carbonyl (C=O) groups excluding carboxylic acids is 2. The van der Waals surface area contributed by atoms with E-state index in [1.807, 2.05) is 27.7 Å². The lowest BCUT2D eigenvalue weighted by atomic mass is 9.33. The normalized spacial score (nSPS) is 52.6. The van der Waals surface area contributed by atoms with Crippen molar-refractivity contribution in [1.29, 1.82) is 0 Å². The van der Waals surface area contributed by atoms with Gasteiger partial charge in [-0.05, 0) is 118 Å². The van der Waals surface area contributed by atoms with Crippen LogP contribution in [0.5, 0.6) is 0 Å². The summed E-state index contributed by atoms with van der Waals surface area (Å²) >= 11 is 0. The minimum atomic E-state index is -1.87. The van der Waals surface area contributed by atoms with Gasteiger partial charge in [0.2, 0.25) is 0 Å². The Bertz CT molecular complexity index is 1890. The number of aldehydes is 1. The molecule has 0 aromatic carbocycles. The summed E-state index contributed by atoms with van der Waals surface area (Å²) in [5.74, 6) is -0.641. The van der Waals surface area contributed by atoms with Crippen molar-refractivity contribution in [3.8, 4) is 0 Å². The van der Waals surface area contributed by atoms with Crippen LogP contribution in [0.15, 0.2) is 11.6 Å². The molecule has 388 valence electrons. The van der Waals surface area contributed by atoms with Crippen molar-refractivity contribution in [2.24, 2.45) is 50.2 Å². The number of hydrogen-bond acceptors (Lipinski definition) is 18. The first-order valence-corrected chi connectivity index (χ1v) is 24.9. The maximum Gasteiger partial charge on any atom is 0.315 e. The summed E-state index contributed by atoms with van der Waals surface area (Å²) in [6, 6.07) is 0. The van der Waals surface area contributed by atoms with Gasteiger partial charge in [-0.1, -0.05) is 53.2 Å². The fourth-order valence-corrected chi connectivity index (χ4v) is 14.9. The Kier molecular flexibility index (Phi) is 14.2. The summed E-state index contributed by atoms with van der Waals surface area (Å²) in [5.41, 5.74) is -2.89. The molecule has 3 saturated heterocycles. The van der Waals surface area contributed by atoms with Gasteiger partial charge in [0, 0.05) is 0 Å². The van der Waals surface area contributed by atoms with Gasteiger partial charge < -0.3 is 83.9 Å². The average molecular weight is 969 g/mol. The van der Waals surface area contributed by atoms with Crippen LogP contribution in [0.25, 0.3) is 0 Å². The predicted molar refractivity (Wildman–Crippen MR) is 239 cm³/mol. The highest BCUT2D eigenvalue weighted by molar-refractivity contribution is 5.80. The van der Waals surface area contributed by atoms with Gasteiger partial charge in [0.25, 0.3) is 0 Å². The lowest BCUT2D eigenvalue weighted by molar-refractivity contribution is -0.384. The van der Waals surface area contributed by atoms with E-state index in [4.69, 9.17) is 33.2 Å². The van der Waals surface area contributed by atoms with Crippen LogP contribution in [-0.2, 0) is 42.7 Å². The number of aliphatic hydroxyl groups excluding tert-OH is 9.